The topological polar surface area (TPSA) is 58.6 Å². The van der Waals surface area contributed by atoms with E-state index in [0.717, 1.165) is 0 Å². The van der Waals surface area contributed by atoms with Gasteiger partial charge in [0.25, 0.3) is 11.8 Å². The Balaban J connectivity index is 2.06. The first kappa shape index (κ1) is 21.8. The fourth-order valence-electron chi connectivity index (χ4n) is 2.54. The van der Waals surface area contributed by atoms with Crippen LogP contribution in [0.3, 0.4) is 0 Å². The van der Waals surface area contributed by atoms with Crippen LogP contribution >= 0.6 is 11.6 Å². The van der Waals surface area contributed by atoms with E-state index in [0.29, 0.717) is 22.0 Å². The van der Waals surface area contributed by atoms with Gasteiger partial charge in [-0.2, -0.15) is 0 Å². The molecule has 2 rings (SSSR count). The number of carbonyl (C=O) groups is 2. The van der Waals surface area contributed by atoms with Gasteiger partial charge in [-0.3, -0.25) is 9.59 Å². The Bertz CT molecular complexity index is 855. The van der Waals surface area contributed by atoms with Crippen LogP contribution in [-0.4, -0.2) is 36.9 Å². The summed E-state index contributed by atoms with van der Waals surface area (Å²) in [7, 11) is 3.29. The molecular formula is C22H27ClN2O3. The van der Waals surface area contributed by atoms with Gasteiger partial charge in [0.15, 0.2) is 6.10 Å². The normalized spacial score (nSPS) is 12.2. The van der Waals surface area contributed by atoms with Crippen molar-refractivity contribution in [1.82, 2.24) is 4.90 Å². The first-order chi connectivity index (χ1) is 13.0. The summed E-state index contributed by atoms with van der Waals surface area (Å²) < 4.78 is 5.74. The standard InChI is InChI=1S/C22H27ClN2O3/c1-14(28-17-10-7-15(8-11-17)22(2,3)4)20(26)24-16-9-12-19(23)18(13-16)21(27)25(5)6/h7-14H,1-6H3,(H,24,26). The maximum atomic E-state index is 12.5. The number of hydrogen-bond donors (Lipinski definition) is 1. The van der Waals surface area contributed by atoms with Crippen molar-refractivity contribution in [2.24, 2.45) is 0 Å². The molecule has 0 saturated heterocycles. The molecule has 0 aromatic heterocycles. The zero-order valence-corrected chi connectivity index (χ0v) is 17.9. The number of rotatable bonds is 5. The number of anilines is 1. The molecule has 2 aromatic rings. The Kier molecular flexibility index (Phi) is 6.73. The number of halogens is 1. The minimum Gasteiger partial charge on any atom is -0.481 e. The molecule has 2 aromatic carbocycles. The van der Waals surface area contributed by atoms with Gasteiger partial charge >= 0.3 is 0 Å². The molecule has 0 aliphatic rings. The molecule has 6 heteroatoms. The number of benzene rings is 2. The summed E-state index contributed by atoms with van der Waals surface area (Å²) in [4.78, 5) is 26.1. The van der Waals surface area contributed by atoms with Gasteiger partial charge in [-0.25, -0.2) is 0 Å². The molecule has 5 nitrogen and oxygen atoms in total. The van der Waals surface area contributed by atoms with E-state index in [2.05, 4.69) is 26.1 Å². The lowest BCUT2D eigenvalue weighted by molar-refractivity contribution is -0.122. The third-order valence-corrected chi connectivity index (χ3v) is 4.60. The summed E-state index contributed by atoms with van der Waals surface area (Å²) in [6.45, 7) is 8.09. The van der Waals surface area contributed by atoms with Gasteiger partial charge in [-0.1, -0.05) is 44.5 Å². The Morgan fingerprint density at radius 1 is 1.07 bits per heavy atom. The molecule has 0 fully saturated rings. The number of hydrogen-bond acceptors (Lipinski definition) is 3. The van der Waals surface area contributed by atoms with Gasteiger partial charge in [-0.15, -0.1) is 0 Å². The first-order valence-electron chi connectivity index (χ1n) is 9.08. The number of nitrogens with one attached hydrogen (secondary N) is 1. The SMILES string of the molecule is CC(Oc1ccc(C(C)(C)C)cc1)C(=O)Nc1ccc(Cl)c(C(=O)N(C)C)c1. The van der Waals surface area contributed by atoms with Crippen molar-refractivity contribution < 1.29 is 14.3 Å². The molecule has 150 valence electrons. The summed E-state index contributed by atoms with van der Waals surface area (Å²) in [5, 5.41) is 3.10. The minimum atomic E-state index is -0.704. The molecule has 0 spiro atoms. The van der Waals surface area contributed by atoms with Crippen LogP contribution in [0.1, 0.15) is 43.6 Å². The van der Waals surface area contributed by atoms with Crippen molar-refractivity contribution in [2.75, 3.05) is 19.4 Å². The summed E-state index contributed by atoms with van der Waals surface area (Å²) in [5.74, 6) is 0.0741. The first-order valence-corrected chi connectivity index (χ1v) is 9.46. The van der Waals surface area contributed by atoms with E-state index in [4.69, 9.17) is 16.3 Å². The molecule has 1 N–H and O–H groups in total. The van der Waals surface area contributed by atoms with Gasteiger partial charge in [0.1, 0.15) is 5.75 Å². The third-order valence-electron chi connectivity index (χ3n) is 4.27. The van der Waals surface area contributed by atoms with Crippen LogP contribution in [-0.2, 0) is 10.2 Å². The maximum absolute atomic E-state index is 12.5. The quantitative estimate of drug-likeness (QED) is 0.785. The van der Waals surface area contributed by atoms with Crippen LogP contribution in [0.25, 0.3) is 0 Å². The third kappa shape index (κ3) is 5.49. The highest BCUT2D eigenvalue weighted by atomic mass is 35.5. The Morgan fingerprint density at radius 2 is 1.68 bits per heavy atom. The van der Waals surface area contributed by atoms with Gasteiger partial charge in [0.2, 0.25) is 0 Å². The van der Waals surface area contributed by atoms with E-state index in [1.54, 1.807) is 39.2 Å². The van der Waals surface area contributed by atoms with Crippen molar-refractivity contribution in [1.29, 1.82) is 0 Å². The molecular weight excluding hydrogens is 376 g/mol. The number of nitrogens with zero attached hydrogens (tertiary/aromatic N) is 1. The van der Waals surface area contributed by atoms with Crippen molar-refractivity contribution in [3.8, 4) is 5.75 Å². The van der Waals surface area contributed by atoms with Crippen LogP contribution < -0.4 is 10.1 Å². The van der Waals surface area contributed by atoms with Crippen LogP contribution in [0.15, 0.2) is 42.5 Å². The van der Waals surface area contributed by atoms with Crippen molar-refractivity contribution >= 4 is 29.1 Å². The molecule has 1 unspecified atom stereocenters. The monoisotopic (exact) mass is 402 g/mol. The van der Waals surface area contributed by atoms with Gasteiger partial charge in [0, 0.05) is 19.8 Å². The average Bonchev–Trinajstić information content (AvgIpc) is 2.62. The van der Waals surface area contributed by atoms with Crippen LogP contribution in [0.5, 0.6) is 5.75 Å². The maximum Gasteiger partial charge on any atom is 0.265 e. The van der Waals surface area contributed by atoms with Gasteiger partial charge in [-0.05, 0) is 48.2 Å². The van der Waals surface area contributed by atoms with E-state index in [1.807, 2.05) is 24.3 Å². The lowest BCUT2D eigenvalue weighted by Crippen LogP contribution is -2.30. The van der Waals surface area contributed by atoms with Crippen molar-refractivity contribution in [3.05, 3.63) is 58.6 Å². The summed E-state index contributed by atoms with van der Waals surface area (Å²) in [5.41, 5.74) is 2.06. The molecule has 2 amide bonds. The largest absolute Gasteiger partial charge is 0.481 e. The molecule has 0 bridgehead atoms. The predicted molar refractivity (Wildman–Crippen MR) is 113 cm³/mol. The second kappa shape index (κ2) is 8.65. The highest BCUT2D eigenvalue weighted by Gasteiger charge is 2.18. The fraction of sp³-hybridized carbons (Fsp3) is 0.364. The molecule has 28 heavy (non-hydrogen) atoms. The van der Waals surface area contributed by atoms with Gasteiger partial charge < -0.3 is 15.0 Å². The van der Waals surface area contributed by atoms with Crippen LogP contribution in [0.2, 0.25) is 5.02 Å². The fourth-order valence-corrected chi connectivity index (χ4v) is 2.74. The lowest BCUT2D eigenvalue weighted by atomic mass is 9.87. The highest BCUT2D eigenvalue weighted by molar-refractivity contribution is 6.34. The molecule has 0 saturated carbocycles. The highest BCUT2D eigenvalue weighted by Crippen LogP contribution is 2.25. The van der Waals surface area contributed by atoms with E-state index in [-0.39, 0.29) is 17.2 Å². The Labute approximate surface area is 171 Å². The van der Waals surface area contributed by atoms with E-state index in [1.165, 1.54) is 10.5 Å². The number of amides is 2. The zero-order chi connectivity index (χ0) is 21.1. The molecule has 1 atom stereocenters. The van der Waals surface area contributed by atoms with Gasteiger partial charge in [0.05, 0.1) is 10.6 Å². The molecule has 0 heterocycles. The Morgan fingerprint density at radius 3 is 2.21 bits per heavy atom. The van der Waals surface area contributed by atoms with Crippen molar-refractivity contribution in [3.63, 3.8) is 0 Å². The second-order valence-electron chi connectivity index (χ2n) is 7.92. The molecule has 0 radical (unpaired) electrons. The van der Waals surface area contributed by atoms with E-state index in [9.17, 15) is 9.59 Å². The number of ether oxygens (including phenoxy) is 1. The van der Waals surface area contributed by atoms with Crippen LogP contribution in [0.4, 0.5) is 5.69 Å². The Hall–Kier alpha value is -2.53. The summed E-state index contributed by atoms with van der Waals surface area (Å²) in [6, 6.07) is 12.5. The molecule has 0 aliphatic carbocycles. The second-order valence-corrected chi connectivity index (χ2v) is 8.33. The van der Waals surface area contributed by atoms with E-state index < -0.39 is 6.10 Å². The van der Waals surface area contributed by atoms with E-state index >= 15 is 0 Å². The summed E-state index contributed by atoms with van der Waals surface area (Å²) >= 11 is 6.10. The average molecular weight is 403 g/mol. The lowest BCUT2D eigenvalue weighted by Gasteiger charge is -2.20. The minimum absolute atomic E-state index is 0.0534. The smallest absolute Gasteiger partial charge is 0.265 e. The molecule has 0 aliphatic heterocycles. The van der Waals surface area contributed by atoms with Crippen molar-refractivity contribution in [2.45, 2.75) is 39.2 Å². The zero-order valence-electron chi connectivity index (χ0n) is 17.2. The predicted octanol–water partition coefficient (Wildman–Crippen LogP) is 4.75. The summed E-state index contributed by atoms with van der Waals surface area (Å²) in [6.07, 6.45) is -0.704. The van der Waals surface area contributed by atoms with Crippen LogP contribution in [0, 0.1) is 0 Å². The number of carbonyl (C=O) groups excluding carboxylic acids is 2.